The van der Waals surface area contributed by atoms with Crippen LogP contribution >= 0.6 is 0 Å². The summed E-state index contributed by atoms with van der Waals surface area (Å²) >= 11 is 0. The fourth-order valence-corrected chi connectivity index (χ4v) is 4.17. The molecule has 0 aromatic heterocycles. The third kappa shape index (κ3) is 3.55. The third-order valence-corrected chi connectivity index (χ3v) is 5.37. The van der Waals surface area contributed by atoms with Crippen LogP contribution in [-0.2, 0) is 16.6 Å². The van der Waals surface area contributed by atoms with Crippen LogP contribution in [-0.4, -0.2) is 14.5 Å². The van der Waals surface area contributed by atoms with Gasteiger partial charge < -0.3 is 5.73 Å². The molecule has 0 radical (unpaired) electrons. The largest absolute Gasteiger partial charge is 0.326 e. The first kappa shape index (κ1) is 14.5. The number of nitrogens with one attached hydrogen (secondary N) is 1. The fraction of sp³-hybridized carbons (Fsp3) is 0.571. The molecule has 4 nitrogen and oxygen atoms in total. The molecule has 1 saturated carbocycles. The fourth-order valence-electron chi connectivity index (χ4n) is 2.64. The number of rotatable bonds is 4. The van der Waals surface area contributed by atoms with E-state index in [1.807, 2.05) is 13.0 Å². The maximum Gasteiger partial charge on any atom is 0.241 e. The van der Waals surface area contributed by atoms with Crippen molar-refractivity contribution >= 4 is 10.0 Å². The third-order valence-electron chi connectivity index (χ3n) is 3.69. The van der Waals surface area contributed by atoms with Crippen molar-refractivity contribution in [3.8, 4) is 0 Å². The summed E-state index contributed by atoms with van der Waals surface area (Å²) in [6.07, 6.45) is 5.32. The molecule has 5 heteroatoms. The average Bonchev–Trinajstić information content (AvgIpc) is 2.38. The summed E-state index contributed by atoms with van der Waals surface area (Å²) in [5, 5.41) is 0. The van der Waals surface area contributed by atoms with Gasteiger partial charge in [-0.05, 0) is 37.0 Å². The SMILES string of the molecule is Cc1cc(CN)ccc1S(=O)(=O)NC1CCCCC1. The molecule has 0 spiro atoms. The van der Waals surface area contributed by atoms with Crippen LogP contribution < -0.4 is 10.5 Å². The van der Waals surface area contributed by atoms with E-state index in [1.54, 1.807) is 12.1 Å². The van der Waals surface area contributed by atoms with Crippen LogP contribution in [0, 0.1) is 6.92 Å². The molecule has 1 aliphatic rings. The minimum Gasteiger partial charge on any atom is -0.326 e. The Labute approximate surface area is 115 Å². The number of aryl methyl sites for hydroxylation is 1. The summed E-state index contributed by atoms with van der Waals surface area (Å²) in [6.45, 7) is 2.24. The zero-order chi connectivity index (χ0) is 13.9. The molecule has 3 N–H and O–H groups in total. The summed E-state index contributed by atoms with van der Waals surface area (Å²) < 4.78 is 27.6. The minimum atomic E-state index is -3.41. The highest BCUT2D eigenvalue weighted by Crippen LogP contribution is 2.22. The smallest absolute Gasteiger partial charge is 0.241 e. The molecule has 0 heterocycles. The van der Waals surface area contributed by atoms with Gasteiger partial charge in [0.25, 0.3) is 0 Å². The standard InChI is InChI=1S/C14H22N2O2S/c1-11-9-12(10-15)7-8-14(11)19(17,18)16-13-5-3-2-4-6-13/h7-9,13,16H,2-6,10,15H2,1H3. The zero-order valence-electron chi connectivity index (χ0n) is 11.4. The minimum absolute atomic E-state index is 0.0901. The summed E-state index contributed by atoms with van der Waals surface area (Å²) in [4.78, 5) is 0.371. The van der Waals surface area contributed by atoms with E-state index >= 15 is 0 Å². The zero-order valence-corrected chi connectivity index (χ0v) is 12.2. The Morgan fingerprint density at radius 1 is 1.26 bits per heavy atom. The van der Waals surface area contributed by atoms with Crippen LogP contribution in [0.25, 0.3) is 0 Å². The second-order valence-electron chi connectivity index (χ2n) is 5.26. The van der Waals surface area contributed by atoms with E-state index in [-0.39, 0.29) is 6.04 Å². The molecule has 106 valence electrons. The normalized spacial score (nSPS) is 17.6. The van der Waals surface area contributed by atoms with Gasteiger partial charge in [-0.1, -0.05) is 31.4 Å². The van der Waals surface area contributed by atoms with Gasteiger partial charge in [-0.25, -0.2) is 13.1 Å². The van der Waals surface area contributed by atoms with Crippen LogP contribution in [0.2, 0.25) is 0 Å². The Hall–Kier alpha value is -0.910. The Balaban J connectivity index is 2.18. The van der Waals surface area contributed by atoms with E-state index in [1.165, 1.54) is 6.42 Å². The van der Waals surface area contributed by atoms with Crippen molar-refractivity contribution in [2.24, 2.45) is 5.73 Å². The molecule has 1 aromatic rings. The molecule has 1 aliphatic carbocycles. The number of benzene rings is 1. The van der Waals surface area contributed by atoms with Crippen LogP contribution in [0.5, 0.6) is 0 Å². The van der Waals surface area contributed by atoms with Gasteiger partial charge in [0.2, 0.25) is 10.0 Å². The number of hydrogen-bond acceptors (Lipinski definition) is 3. The molecule has 0 aliphatic heterocycles. The van der Waals surface area contributed by atoms with Gasteiger partial charge in [-0.2, -0.15) is 0 Å². The van der Waals surface area contributed by atoms with Gasteiger partial charge in [0.05, 0.1) is 4.90 Å². The highest BCUT2D eigenvalue weighted by molar-refractivity contribution is 7.89. The molecule has 0 amide bonds. The lowest BCUT2D eigenvalue weighted by Gasteiger charge is -2.23. The first-order valence-electron chi connectivity index (χ1n) is 6.85. The molecule has 0 saturated heterocycles. The van der Waals surface area contributed by atoms with Gasteiger partial charge in [0, 0.05) is 12.6 Å². The topological polar surface area (TPSA) is 72.2 Å². The van der Waals surface area contributed by atoms with E-state index in [0.29, 0.717) is 11.4 Å². The van der Waals surface area contributed by atoms with Crippen molar-refractivity contribution in [3.63, 3.8) is 0 Å². The highest BCUT2D eigenvalue weighted by atomic mass is 32.2. The quantitative estimate of drug-likeness (QED) is 0.888. The second-order valence-corrected chi connectivity index (χ2v) is 6.94. The lowest BCUT2D eigenvalue weighted by molar-refractivity contribution is 0.412. The second kappa shape index (κ2) is 6.03. The Morgan fingerprint density at radius 2 is 1.95 bits per heavy atom. The van der Waals surface area contributed by atoms with Crippen molar-refractivity contribution < 1.29 is 8.42 Å². The summed E-state index contributed by atoms with van der Waals surface area (Å²) in [6, 6.07) is 5.37. The summed E-state index contributed by atoms with van der Waals surface area (Å²) in [5.41, 5.74) is 7.27. The maximum absolute atomic E-state index is 12.4. The molecule has 19 heavy (non-hydrogen) atoms. The first-order chi connectivity index (χ1) is 9.03. The monoisotopic (exact) mass is 282 g/mol. The van der Waals surface area contributed by atoms with Gasteiger partial charge in [0.1, 0.15) is 0 Å². The van der Waals surface area contributed by atoms with E-state index in [0.717, 1.165) is 36.8 Å². The molecule has 0 bridgehead atoms. The Kier molecular flexibility index (Phi) is 4.60. The van der Waals surface area contributed by atoms with Crippen molar-refractivity contribution in [3.05, 3.63) is 29.3 Å². The Bertz CT molecular complexity index is 534. The molecule has 0 unspecified atom stereocenters. The van der Waals surface area contributed by atoms with Gasteiger partial charge in [-0.15, -0.1) is 0 Å². The van der Waals surface area contributed by atoms with Crippen molar-refractivity contribution in [1.29, 1.82) is 0 Å². The van der Waals surface area contributed by atoms with Crippen LogP contribution in [0.1, 0.15) is 43.2 Å². The molecular formula is C14H22N2O2S. The van der Waals surface area contributed by atoms with E-state index in [4.69, 9.17) is 5.73 Å². The molecule has 1 fully saturated rings. The van der Waals surface area contributed by atoms with E-state index < -0.39 is 10.0 Å². The lowest BCUT2D eigenvalue weighted by Crippen LogP contribution is -2.36. The Morgan fingerprint density at radius 3 is 2.53 bits per heavy atom. The lowest BCUT2D eigenvalue weighted by atomic mass is 9.96. The van der Waals surface area contributed by atoms with Crippen LogP contribution in [0.15, 0.2) is 23.1 Å². The van der Waals surface area contributed by atoms with Crippen molar-refractivity contribution in [1.82, 2.24) is 4.72 Å². The average molecular weight is 282 g/mol. The van der Waals surface area contributed by atoms with E-state index in [9.17, 15) is 8.42 Å². The van der Waals surface area contributed by atoms with Crippen LogP contribution in [0.3, 0.4) is 0 Å². The maximum atomic E-state index is 12.4. The number of hydrogen-bond donors (Lipinski definition) is 2. The van der Waals surface area contributed by atoms with Crippen molar-refractivity contribution in [2.75, 3.05) is 0 Å². The molecular weight excluding hydrogens is 260 g/mol. The van der Waals surface area contributed by atoms with Gasteiger partial charge in [0.15, 0.2) is 0 Å². The summed E-state index contributed by atoms with van der Waals surface area (Å²) in [7, 11) is -3.41. The number of sulfonamides is 1. The molecule has 1 aromatic carbocycles. The van der Waals surface area contributed by atoms with E-state index in [2.05, 4.69) is 4.72 Å². The summed E-state index contributed by atoms with van der Waals surface area (Å²) in [5.74, 6) is 0. The highest BCUT2D eigenvalue weighted by Gasteiger charge is 2.23. The molecule has 2 rings (SSSR count). The predicted octanol–water partition coefficient (Wildman–Crippen LogP) is 2.06. The predicted molar refractivity (Wildman–Crippen MR) is 76.3 cm³/mol. The number of nitrogens with two attached hydrogens (primary N) is 1. The molecule has 0 atom stereocenters. The van der Waals surface area contributed by atoms with Gasteiger partial charge in [-0.3, -0.25) is 0 Å². The van der Waals surface area contributed by atoms with Crippen molar-refractivity contribution in [2.45, 2.75) is 56.5 Å². The van der Waals surface area contributed by atoms with Gasteiger partial charge >= 0.3 is 0 Å². The first-order valence-corrected chi connectivity index (χ1v) is 8.33. The van der Waals surface area contributed by atoms with Crippen LogP contribution in [0.4, 0.5) is 0 Å².